The first-order valence-corrected chi connectivity index (χ1v) is 12.5. The molecule has 0 radical (unpaired) electrons. The SMILES string of the molecule is CCC(C(=O)Nc1nnc(-c2ccc(C)cc2)s1)N(c1ccc(C)c(C)c1)S(C)(=O)=O. The summed E-state index contributed by atoms with van der Waals surface area (Å²) >= 11 is 1.25. The van der Waals surface area contributed by atoms with Gasteiger partial charge in [-0.1, -0.05) is 54.2 Å². The fraction of sp³-hybridized carbons (Fsp3) is 0.318. The van der Waals surface area contributed by atoms with E-state index in [0.717, 1.165) is 28.5 Å². The first-order valence-electron chi connectivity index (χ1n) is 9.88. The average molecular weight is 459 g/mol. The van der Waals surface area contributed by atoms with Gasteiger partial charge in [0.25, 0.3) is 0 Å². The third-order valence-corrected chi connectivity index (χ3v) is 7.10. The van der Waals surface area contributed by atoms with Crippen molar-refractivity contribution in [2.24, 2.45) is 0 Å². The third-order valence-electron chi connectivity index (χ3n) is 5.03. The van der Waals surface area contributed by atoms with E-state index >= 15 is 0 Å². The second-order valence-electron chi connectivity index (χ2n) is 7.52. The van der Waals surface area contributed by atoms with Crippen molar-refractivity contribution in [3.63, 3.8) is 0 Å². The molecule has 0 saturated carbocycles. The van der Waals surface area contributed by atoms with Crippen LogP contribution in [0, 0.1) is 20.8 Å². The summed E-state index contributed by atoms with van der Waals surface area (Å²) in [6.07, 6.45) is 1.41. The third kappa shape index (κ3) is 5.29. The summed E-state index contributed by atoms with van der Waals surface area (Å²) in [6, 6.07) is 12.3. The molecule has 9 heteroatoms. The maximum atomic E-state index is 13.1. The summed E-state index contributed by atoms with van der Waals surface area (Å²) < 4.78 is 26.4. The molecular formula is C22H26N4O3S2. The van der Waals surface area contributed by atoms with Crippen LogP contribution in [-0.2, 0) is 14.8 Å². The number of nitrogens with one attached hydrogen (secondary N) is 1. The zero-order valence-electron chi connectivity index (χ0n) is 18.2. The maximum Gasteiger partial charge on any atom is 0.250 e. The van der Waals surface area contributed by atoms with Crippen LogP contribution in [0.1, 0.15) is 30.0 Å². The zero-order valence-corrected chi connectivity index (χ0v) is 19.8. The number of amides is 1. The Kier molecular flexibility index (Phi) is 6.76. The minimum Gasteiger partial charge on any atom is -0.299 e. The molecule has 0 saturated heterocycles. The smallest absolute Gasteiger partial charge is 0.250 e. The van der Waals surface area contributed by atoms with Gasteiger partial charge in [-0.25, -0.2) is 8.42 Å². The van der Waals surface area contributed by atoms with Crippen LogP contribution in [-0.4, -0.2) is 36.8 Å². The van der Waals surface area contributed by atoms with Crippen molar-refractivity contribution in [2.75, 3.05) is 15.9 Å². The van der Waals surface area contributed by atoms with Crippen molar-refractivity contribution in [2.45, 2.75) is 40.2 Å². The fourth-order valence-corrected chi connectivity index (χ4v) is 5.15. The number of anilines is 2. The number of nitrogens with zero attached hydrogens (tertiary/aromatic N) is 3. The minimum absolute atomic E-state index is 0.301. The lowest BCUT2D eigenvalue weighted by Gasteiger charge is -2.30. The molecule has 7 nitrogen and oxygen atoms in total. The van der Waals surface area contributed by atoms with Crippen molar-refractivity contribution in [3.8, 4) is 10.6 Å². The topological polar surface area (TPSA) is 92.3 Å². The number of benzene rings is 2. The van der Waals surface area contributed by atoms with E-state index in [4.69, 9.17) is 0 Å². The Balaban J connectivity index is 1.87. The van der Waals surface area contributed by atoms with Gasteiger partial charge in [-0.2, -0.15) is 0 Å². The van der Waals surface area contributed by atoms with Gasteiger partial charge in [-0.05, 0) is 50.5 Å². The molecule has 1 N–H and O–H groups in total. The number of aromatic nitrogens is 2. The van der Waals surface area contributed by atoms with Crippen molar-refractivity contribution >= 4 is 38.1 Å². The minimum atomic E-state index is -3.70. The molecule has 164 valence electrons. The normalized spacial score (nSPS) is 12.4. The van der Waals surface area contributed by atoms with Crippen LogP contribution in [0.25, 0.3) is 10.6 Å². The van der Waals surface area contributed by atoms with E-state index in [2.05, 4.69) is 15.5 Å². The van der Waals surface area contributed by atoms with E-state index in [1.165, 1.54) is 15.6 Å². The van der Waals surface area contributed by atoms with Crippen molar-refractivity contribution in [1.82, 2.24) is 10.2 Å². The average Bonchev–Trinajstić information content (AvgIpc) is 3.16. The highest BCUT2D eigenvalue weighted by Gasteiger charge is 2.32. The van der Waals surface area contributed by atoms with Gasteiger partial charge in [0, 0.05) is 5.56 Å². The highest BCUT2D eigenvalue weighted by atomic mass is 32.2. The molecule has 0 spiro atoms. The molecule has 3 aromatic rings. The van der Waals surface area contributed by atoms with Crippen LogP contribution in [0.15, 0.2) is 42.5 Å². The molecule has 31 heavy (non-hydrogen) atoms. The van der Waals surface area contributed by atoms with Crippen LogP contribution >= 0.6 is 11.3 Å². The van der Waals surface area contributed by atoms with Gasteiger partial charge < -0.3 is 0 Å². The van der Waals surface area contributed by atoms with Gasteiger partial charge in [-0.3, -0.25) is 14.4 Å². The van der Waals surface area contributed by atoms with Crippen molar-refractivity contribution in [1.29, 1.82) is 0 Å². The van der Waals surface area contributed by atoms with Crippen LogP contribution in [0.3, 0.4) is 0 Å². The summed E-state index contributed by atoms with van der Waals surface area (Å²) in [7, 11) is -3.70. The molecule has 2 aromatic carbocycles. The van der Waals surface area contributed by atoms with E-state index in [1.54, 1.807) is 19.1 Å². The van der Waals surface area contributed by atoms with E-state index in [9.17, 15) is 13.2 Å². The van der Waals surface area contributed by atoms with E-state index in [-0.39, 0.29) is 0 Å². The molecule has 1 aromatic heterocycles. The zero-order chi connectivity index (χ0) is 22.8. The number of carbonyl (C=O) groups is 1. The van der Waals surface area contributed by atoms with Crippen LogP contribution in [0.5, 0.6) is 0 Å². The maximum absolute atomic E-state index is 13.1. The van der Waals surface area contributed by atoms with E-state index in [0.29, 0.717) is 22.2 Å². The van der Waals surface area contributed by atoms with Crippen LogP contribution in [0.2, 0.25) is 0 Å². The number of hydrogen-bond donors (Lipinski definition) is 1. The molecule has 1 unspecified atom stereocenters. The first kappa shape index (κ1) is 22.9. The predicted octanol–water partition coefficient (Wildman–Crippen LogP) is 4.31. The summed E-state index contributed by atoms with van der Waals surface area (Å²) in [5.74, 6) is -0.447. The second kappa shape index (κ2) is 9.15. The monoisotopic (exact) mass is 458 g/mol. The lowest BCUT2D eigenvalue weighted by atomic mass is 10.1. The van der Waals surface area contributed by atoms with Gasteiger partial charge in [-0.15, -0.1) is 10.2 Å². The molecule has 1 atom stereocenters. The Morgan fingerprint density at radius 1 is 1.06 bits per heavy atom. The highest BCUT2D eigenvalue weighted by Crippen LogP contribution is 2.28. The van der Waals surface area contributed by atoms with Gasteiger partial charge in [0.2, 0.25) is 21.1 Å². The Morgan fingerprint density at radius 2 is 1.74 bits per heavy atom. The van der Waals surface area contributed by atoms with Crippen molar-refractivity contribution < 1.29 is 13.2 Å². The molecule has 0 aliphatic carbocycles. The second-order valence-corrected chi connectivity index (χ2v) is 10.4. The Morgan fingerprint density at radius 3 is 2.32 bits per heavy atom. The Bertz CT molecular complexity index is 1190. The molecule has 3 rings (SSSR count). The lowest BCUT2D eigenvalue weighted by Crippen LogP contribution is -2.47. The summed E-state index contributed by atoms with van der Waals surface area (Å²) in [6.45, 7) is 7.65. The number of hydrogen-bond acceptors (Lipinski definition) is 6. The largest absolute Gasteiger partial charge is 0.299 e. The van der Waals surface area contributed by atoms with Gasteiger partial charge in [0.1, 0.15) is 11.0 Å². The molecule has 0 bridgehead atoms. The summed E-state index contributed by atoms with van der Waals surface area (Å²) in [5.41, 5.74) is 4.51. The molecule has 0 fully saturated rings. The predicted molar refractivity (Wildman–Crippen MR) is 126 cm³/mol. The molecule has 0 aliphatic rings. The fourth-order valence-electron chi connectivity index (χ4n) is 3.20. The molecule has 1 heterocycles. The number of aryl methyl sites for hydroxylation is 3. The number of sulfonamides is 1. The van der Waals surface area contributed by atoms with Crippen LogP contribution in [0.4, 0.5) is 10.8 Å². The Labute approximate surface area is 187 Å². The lowest BCUT2D eigenvalue weighted by molar-refractivity contribution is -0.117. The summed E-state index contributed by atoms with van der Waals surface area (Å²) in [5, 5.41) is 12.0. The standard InChI is InChI=1S/C22H26N4O3S2/c1-6-19(26(31(5,28)29)18-12-9-15(3)16(4)13-18)20(27)23-22-25-24-21(30-22)17-10-7-14(2)8-11-17/h7-13,19H,6H2,1-5H3,(H,23,25,27). The Hall–Kier alpha value is -2.78. The molecule has 0 aliphatic heterocycles. The van der Waals surface area contributed by atoms with E-state index < -0.39 is 22.0 Å². The number of rotatable bonds is 7. The van der Waals surface area contributed by atoms with Crippen molar-refractivity contribution in [3.05, 3.63) is 59.2 Å². The highest BCUT2D eigenvalue weighted by molar-refractivity contribution is 7.92. The van der Waals surface area contributed by atoms with Gasteiger partial charge >= 0.3 is 0 Å². The van der Waals surface area contributed by atoms with Gasteiger partial charge in [0.05, 0.1) is 11.9 Å². The van der Waals surface area contributed by atoms with Crippen LogP contribution < -0.4 is 9.62 Å². The van der Waals surface area contributed by atoms with Gasteiger partial charge in [0.15, 0.2) is 0 Å². The molecular weight excluding hydrogens is 432 g/mol. The number of carbonyl (C=O) groups excluding carboxylic acids is 1. The summed E-state index contributed by atoms with van der Waals surface area (Å²) in [4.78, 5) is 13.1. The molecule has 1 amide bonds. The quantitative estimate of drug-likeness (QED) is 0.569. The van der Waals surface area contributed by atoms with E-state index in [1.807, 2.05) is 51.1 Å². The first-order chi connectivity index (χ1) is 14.6.